The molecule has 146 valence electrons. The van der Waals surface area contributed by atoms with Crippen LogP contribution in [0.15, 0.2) is 21.8 Å². The normalized spacial score (nSPS) is 20.5. The fourth-order valence-electron chi connectivity index (χ4n) is 3.36. The molecule has 0 aromatic carbocycles. The fraction of sp³-hybridized carbons (Fsp3) is 0.778. The number of nitrogens with one attached hydrogen (secondary N) is 1. The number of guanidine groups is 1. The van der Waals surface area contributed by atoms with Crippen molar-refractivity contribution < 1.29 is 14.0 Å². The standard InChI is InChI=1S/C18H31N5O3/c1-19-18(20-6-2-11-25-17-4-12-24-13-5-17)23-9-7-22(8-10-23)15-16-3-14-26-21-16/h3,14,17H,2,4-13,15H2,1H3,(H,19,20). The molecule has 8 nitrogen and oxygen atoms in total. The summed E-state index contributed by atoms with van der Waals surface area (Å²) in [7, 11) is 1.85. The summed E-state index contributed by atoms with van der Waals surface area (Å²) >= 11 is 0. The van der Waals surface area contributed by atoms with Gasteiger partial charge in [0.05, 0.1) is 11.8 Å². The number of hydrogen-bond donors (Lipinski definition) is 1. The van der Waals surface area contributed by atoms with Crippen LogP contribution in [0.3, 0.4) is 0 Å². The van der Waals surface area contributed by atoms with E-state index in [1.165, 1.54) is 0 Å². The minimum atomic E-state index is 0.376. The minimum absolute atomic E-state index is 0.376. The molecule has 0 bridgehead atoms. The van der Waals surface area contributed by atoms with Gasteiger partial charge in [0.25, 0.3) is 0 Å². The van der Waals surface area contributed by atoms with Crippen LogP contribution >= 0.6 is 0 Å². The van der Waals surface area contributed by atoms with Gasteiger partial charge in [-0.15, -0.1) is 0 Å². The summed E-state index contributed by atoms with van der Waals surface area (Å²) in [5.41, 5.74) is 0.991. The number of piperazine rings is 1. The maximum atomic E-state index is 5.91. The minimum Gasteiger partial charge on any atom is -0.381 e. The molecule has 26 heavy (non-hydrogen) atoms. The highest BCUT2D eigenvalue weighted by molar-refractivity contribution is 5.79. The maximum Gasteiger partial charge on any atom is 0.193 e. The van der Waals surface area contributed by atoms with Gasteiger partial charge in [0.2, 0.25) is 0 Å². The average molecular weight is 365 g/mol. The average Bonchev–Trinajstić information content (AvgIpc) is 3.19. The zero-order valence-electron chi connectivity index (χ0n) is 15.7. The first-order valence-corrected chi connectivity index (χ1v) is 9.61. The van der Waals surface area contributed by atoms with Gasteiger partial charge in [-0.05, 0) is 19.3 Å². The number of aliphatic imine (C=N–C) groups is 1. The zero-order valence-corrected chi connectivity index (χ0v) is 15.7. The molecule has 1 aromatic rings. The summed E-state index contributed by atoms with van der Waals surface area (Å²) < 4.78 is 16.2. The smallest absolute Gasteiger partial charge is 0.193 e. The molecule has 0 aliphatic carbocycles. The predicted molar refractivity (Wildman–Crippen MR) is 99.1 cm³/mol. The highest BCUT2D eigenvalue weighted by Crippen LogP contribution is 2.10. The summed E-state index contributed by atoms with van der Waals surface area (Å²) in [6, 6.07) is 1.93. The Kier molecular flexibility index (Phi) is 7.72. The lowest BCUT2D eigenvalue weighted by atomic mass is 10.1. The van der Waals surface area contributed by atoms with E-state index < -0.39 is 0 Å². The van der Waals surface area contributed by atoms with Crippen molar-refractivity contribution in [1.29, 1.82) is 0 Å². The topological polar surface area (TPSA) is 75.4 Å². The van der Waals surface area contributed by atoms with Crippen molar-refractivity contribution in [1.82, 2.24) is 20.3 Å². The second-order valence-corrected chi connectivity index (χ2v) is 6.76. The van der Waals surface area contributed by atoms with Crippen LogP contribution in [0.2, 0.25) is 0 Å². The van der Waals surface area contributed by atoms with E-state index in [1.807, 2.05) is 13.1 Å². The van der Waals surface area contributed by atoms with E-state index in [1.54, 1.807) is 6.26 Å². The SMILES string of the molecule is CN=C(NCCCOC1CCOCC1)N1CCN(Cc2ccon2)CC1. The van der Waals surface area contributed by atoms with Gasteiger partial charge in [0.1, 0.15) is 6.26 Å². The molecule has 3 heterocycles. The summed E-state index contributed by atoms with van der Waals surface area (Å²) in [5.74, 6) is 0.983. The van der Waals surface area contributed by atoms with Crippen molar-refractivity contribution in [2.45, 2.75) is 31.9 Å². The van der Waals surface area contributed by atoms with E-state index >= 15 is 0 Å². The Hall–Kier alpha value is -1.64. The summed E-state index contributed by atoms with van der Waals surface area (Å²) in [6.07, 6.45) is 5.04. The highest BCUT2D eigenvalue weighted by Gasteiger charge is 2.20. The molecular weight excluding hydrogens is 334 g/mol. The number of rotatable bonds is 7. The first-order chi connectivity index (χ1) is 12.8. The predicted octanol–water partition coefficient (Wildman–Crippen LogP) is 0.953. The highest BCUT2D eigenvalue weighted by atomic mass is 16.5. The number of hydrogen-bond acceptors (Lipinski definition) is 6. The van der Waals surface area contributed by atoms with Crippen LogP contribution in [0.1, 0.15) is 25.0 Å². The fourth-order valence-corrected chi connectivity index (χ4v) is 3.36. The maximum absolute atomic E-state index is 5.91. The number of ether oxygens (including phenoxy) is 2. The van der Waals surface area contributed by atoms with Crippen molar-refractivity contribution >= 4 is 5.96 Å². The molecule has 2 saturated heterocycles. The van der Waals surface area contributed by atoms with Gasteiger partial charge < -0.3 is 24.2 Å². The van der Waals surface area contributed by atoms with Gasteiger partial charge in [0.15, 0.2) is 5.96 Å². The van der Waals surface area contributed by atoms with Crippen molar-refractivity contribution in [2.75, 3.05) is 59.6 Å². The molecule has 2 aliphatic heterocycles. The Morgan fingerprint density at radius 2 is 2.12 bits per heavy atom. The zero-order chi connectivity index (χ0) is 18.0. The molecule has 2 fully saturated rings. The first kappa shape index (κ1) is 19.1. The Morgan fingerprint density at radius 3 is 2.81 bits per heavy atom. The second kappa shape index (κ2) is 10.5. The van der Waals surface area contributed by atoms with Crippen LogP contribution in [0, 0.1) is 0 Å². The van der Waals surface area contributed by atoms with E-state index in [4.69, 9.17) is 14.0 Å². The van der Waals surface area contributed by atoms with Crippen LogP contribution in [-0.2, 0) is 16.0 Å². The molecule has 3 rings (SSSR count). The molecule has 8 heteroatoms. The molecular formula is C18H31N5O3. The third-order valence-electron chi connectivity index (χ3n) is 4.89. The van der Waals surface area contributed by atoms with Crippen LogP contribution in [0.4, 0.5) is 0 Å². The van der Waals surface area contributed by atoms with Crippen LogP contribution in [-0.4, -0.2) is 86.6 Å². The second-order valence-electron chi connectivity index (χ2n) is 6.76. The van der Waals surface area contributed by atoms with E-state index in [2.05, 4.69) is 25.3 Å². The first-order valence-electron chi connectivity index (χ1n) is 9.61. The van der Waals surface area contributed by atoms with Gasteiger partial charge in [-0.25, -0.2) is 0 Å². The van der Waals surface area contributed by atoms with Crippen molar-refractivity contribution in [2.24, 2.45) is 4.99 Å². The Balaban J connectivity index is 1.29. The molecule has 0 atom stereocenters. The van der Waals surface area contributed by atoms with Gasteiger partial charge in [-0.2, -0.15) is 0 Å². The Bertz CT molecular complexity index is 523. The lowest BCUT2D eigenvalue weighted by molar-refractivity contribution is -0.0320. The summed E-state index contributed by atoms with van der Waals surface area (Å²) in [4.78, 5) is 9.14. The molecule has 0 amide bonds. The molecule has 2 aliphatic rings. The molecule has 1 aromatic heterocycles. The van der Waals surface area contributed by atoms with Gasteiger partial charge in [-0.3, -0.25) is 9.89 Å². The van der Waals surface area contributed by atoms with Gasteiger partial charge in [-0.1, -0.05) is 5.16 Å². The Morgan fingerprint density at radius 1 is 1.31 bits per heavy atom. The molecule has 1 N–H and O–H groups in total. The lowest BCUT2D eigenvalue weighted by Gasteiger charge is -2.36. The van der Waals surface area contributed by atoms with Crippen LogP contribution < -0.4 is 5.32 Å². The molecule has 0 unspecified atom stereocenters. The van der Waals surface area contributed by atoms with E-state index in [-0.39, 0.29) is 0 Å². The molecule has 0 radical (unpaired) electrons. The van der Waals surface area contributed by atoms with E-state index in [0.29, 0.717) is 6.10 Å². The number of aromatic nitrogens is 1. The van der Waals surface area contributed by atoms with Crippen LogP contribution in [0.5, 0.6) is 0 Å². The number of nitrogens with zero attached hydrogens (tertiary/aromatic N) is 4. The van der Waals surface area contributed by atoms with Crippen molar-refractivity contribution in [3.05, 3.63) is 18.0 Å². The third kappa shape index (κ3) is 5.96. The summed E-state index contributed by atoms with van der Waals surface area (Å²) in [5, 5.41) is 7.45. The lowest BCUT2D eigenvalue weighted by Crippen LogP contribution is -2.52. The van der Waals surface area contributed by atoms with Crippen molar-refractivity contribution in [3.8, 4) is 0 Å². The van der Waals surface area contributed by atoms with E-state index in [0.717, 1.165) is 90.0 Å². The third-order valence-corrected chi connectivity index (χ3v) is 4.89. The molecule has 0 spiro atoms. The quantitative estimate of drug-likeness (QED) is 0.438. The Labute approximate surface area is 155 Å². The van der Waals surface area contributed by atoms with Crippen LogP contribution in [0.25, 0.3) is 0 Å². The van der Waals surface area contributed by atoms with E-state index in [9.17, 15) is 0 Å². The molecule has 0 saturated carbocycles. The summed E-state index contributed by atoms with van der Waals surface area (Å²) in [6.45, 7) is 8.12. The van der Waals surface area contributed by atoms with Crippen molar-refractivity contribution in [3.63, 3.8) is 0 Å². The monoisotopic (exact) mass is 365 g/mol. The van der Waals surface area contributed by atoms with Gasteiger partial charge >= 0.3 is 0 Å². The van der Waals surface area contributed by atoms with Gasteiger partial charge in [0, 0.05) is 72.2 Å². The largest absolute Gasteiger partial charge is 0.381 e.